The minimum atomic E-state index is -0.555. The van der Waals surface area contributed by atoms with E-state index >= 15 is 0 Å². The summed E-state index contributed by atoms with van der Waals surface area (Å²) in [5.74, 6) is -0.864. The number of amides is 2. The first kappa shape index (κ1) is 20.7. The van der Waals surface area contributed by atoms with Crippen LogP contribution in [-0.2, 0) is 0 Å². The molecule has 3 N–H and O–H groups in total. The number of carbonyl (C=O) groups is 2. The second-order valence-corrected chi connectivity index (χ2v) is 8.80. The van der Waals surface area contributed by atoms with Gasteiger partial charge in [0.2, 0.25) is 0 Å². The van der Waals surface area contributed by atoms with Crippen LogP contribution in [0.1, 0.15) is 42.3 Å². The summed E-state index contributed by atoms with van der Waals surface area (Å²) in [6.07, 6.45) is 3.39. The summed E-state index contributed by atoms with van der Waals surface area (Å²) in [5.41, 5.74) is 11.5. The van der Waals surface area contributed by atoms with Gasteiger partial charge in [0, 0.05) is 28.2 Å². The van der Waals surface area contributed by atoms with Crippen molar-refractivity contribution < 1.29 is 9.59 Å². The van der Waals surface area contributed by atoms with E-state index in [-0.39, 0.29) is 5.91 Å². The molecule has 156 valence electrons. The van der Waals surface area contributed by atoms with Crippen LogP contribution in [0, 0.1) is 27.7 Å². The molecule has 1 aromatic carbocycles. The summed E-state index contributed by atoms with van der Waals surface area (Å²) < 4.78 is 0. The molecule has 0 aliphatic rings. The highest BCUT2D eigenvalue weighted by atomic mass is 32.1. The molecule has 0 fully saturated rings. The van der Waals surface area contributed by atoms with Crippen molar-refractivity contribution in [3.63, 3.8) is 0 Å². The van der Waals surface area contributed by atoms with Gasteiger partial charge < -0.3 is 11.1 Å². The molecule has 0 unspecified atom stereocenters. The number of benzene rings is 1. The highest BCUT2D eigenvalue weighted by Crippen LogP contribution is 2.34. The average Bonchev–Trinajstić information content (AvgIpc) is 3.01. The number of pyridine rings is 2. The first-order valence-corrected chi connectivity index (χ1v) is 10.6. The Bertz CT molecular complexity index is 1340. The van der Waals surface area contributed by atoms with Crippen LogP contribution >= 0.6 is 11.3 Å². The van der Waals surface area contributed by atoms with Gasteiger partial charge in [0.15, 0.2) is 0 Å². The van der Waals surface area contributed by atoms with Crippen molar-refractivity contribution >= 4 is 39.1 Å². The highest BCUT2D eigenvalue weighted by Gasteiger charge is 2.21. The number of thiophene rings is 1. The molecule has 0 atom stereocenters. The fourth-order valence-electron chi connectivity index (χ4n) is 3.72. The molecular weight excluding hydrogens is 408 g/mol. The van der Waals surface area contributed by atoms with Crippen molar-refractivity contribution in [2.45, 2.75) is 27.7 Å². The molecule has 0 aliphatic heterocycles. The first-order chi connectivity index (χ1) is 14.8. The van der Waals surface area contributed by atoms with Gasteiger partial charge in [-0.1, -0.05) is 11.6 Å². The number of primary amides is 1. The number of carbonyl (C=O) groups excluding carboxylic acids is 2. The van der Waals surface area contributed by atoms with Gasteiger partial charge in [-0.05, 0) is 63.1 Å². The van der Waals surface area contributed by atoms with Crippen molar-refractivity contribution in [3.05, 3.63) is 75.4 Å². The summed E-state index contributed by atoms with van der Waals surface area (Å²) in [4.78, 5) is 35.2. The highest BCUT2D eigenvalue weighted by molar-refractivity contribution is 7.16. The largest absolute Gasteiger partial charge is 0.365 e. The zero-order valence-electron chi connectivity index (χ0n) is 17.7. The van der Waals surface area contributed by atoms with Crippen molar-refractivity contribution in [3.8, 4) is 11.3 Å². The van der Waals surface area contributed by atoms with Crippen LogP contribution < -0.4 is 11.1 Å². The van der Waals surface area contributed by atoms with Crippen LogP contribution in [-0.4, -0.2) is 21.8 Å². The van der Waals surface area contributed by atoms with E-state index in [4.69, 9.17) is 10.7 Å². The van der Waals surface area contributed by atoms with Gasteiger partial charge in [-0.15, -0.1) is 11.3 Å². The van der Waals surface area contributed by atoms with E-state index in [1.165, 1.54) is 11.3 Å². The zero-order chi connectivity index (χ0) is 22.3. The Balaban J connectivity index is 1.89. The third-order valence-electron chi connectivity index (χ3n) is 5.33. The summed E-state index contributed by atoms with van der Waals surface area (Å²) in [6.45, 7) is 7.70. The van der Waals surface area contributed by atoms with E-state index in [1.807, 2.05) is 52.0 Å². The predicted molar refractivity (Wildman–Crippen MR) is 125 cm³/mol. The molecule has 0 aliphatic carbocycles. The molecule has 0 spiro atoms. The fourth-order valence-corrected chi connectivity index (χ4v) is 4.78. The lowest BCUT2D eigenvalue weighted by molar-refractivity contribution is 0.100. The predicted octanol–water partition coefficient (Wildman–Crippen LogP) is 4.94. The number of aromatic nitrogens is 2. The minimum absolute atomic E-state index is 0.309. The summed E-state index contributed by atoms with van der Waals surface area (Å²) in [7, 11) is 0. The molecule has 0 saturated heterocycles. The molecular formula is C24H22N4O2S. The minimum Gasteiger partial charge on any atom is -0.365 e. The molecule has 0 bridgehead atoms. The number of rotatable bonds is 4. The van der Waals surface area contributed by atoms with Gasteiger partial charge >= 0.3 is 0 Å². The fraction of sp³-hybridized carbons (Fsp3) is 0.167. The van der Waals surface area contributed by atoms with E-state index in [2.05, 4.69) is 10.3 Å². The summed E-state index contributed by atoms with van der Waals surface area (Å²) in [6, 6.07) is 9.50. The maximum Gasteiger partial charge on any atom is 0.257 e. The SMILES string of the molecule is Cc1cc(C)c2nc(-c3ccncc3)cc(C(=O)Nc3sc(C)c(C)c3C(N)=O)c2c1. The van der Waals surface area contributed by atoms with Gasteiger partial charge in [-0.25, -0.2) is 4.98 Å². The molecule has 3 aromatic heterocycles. The third kappa shape index (κ3) is 3.80. The Morgan fingerprint density at radius 3 is 2.42 bits per heavy atom. The van der Waals surface area contributed by atoms with E-state index in [0.717, 1.165) is 38.0 Å². The Hall–Kier alpha value is -3.58. The second kappa shape index (κ2) is 7.92. The lowest BCUT2D eigenvalue weighted by Crippen LogP contribution is -2.18. The number of nitrogens with zero attached hydrogens (tertiary/aromatic N) is 2. The number of anilines is 1. The topological polar surface area (TPSA) is 98.0 Å². The lowest BCUT2D eigenvalue weighted by atomic mass is 9.99. The molecule has 6 nitrogen and oxygen atoms in total. The number of fused-ring (bicyclic) bond motifs is 1. The first-order valence-electron chi connectivity index (χ1n) is 9.79. The van der Waals surface area contributed by atoms with E-state index in [0.29, 0.717) is 21.8 Å². The van der Waals surface area contributed by atoms with Crippen LogP contribution in [0.2, 0.25) is 0 Å². The number of nitrogens with two attached hydrogens (primary N) is 1. The number of aryl methyl sites for hydroxylation is 3. The van der Waals surface area contributed by atoms with E-state index in [1.54, 1.807) is 18.5 Å². The lowest BCUT2D eigenvalue weighted by Gasteiger charge is -2.13. The van der Waals surface area contributed by atoms with Gasteiger partial charge in [0.05, 0.1) is 22.3 Å². The quantitative estimate of drug-likeness (QED) is 0.479. The number of hydrogen-bond acceptors (Lipinski definition) is 5. The van der Waals surface area contributed by atoms with Crippen molar-refractivity contribution in [2.75, 3.05) is 5.32 Å². The van der Waals surface area contributed by atoms with Crippen LogP contribution in [0.5, 0.6) is 0 Å². The normalized spacial score (nSPS) is 11.0. The van der Waals surface area contributed by atoms with Crippen LogP contribution in [0.25, 0.3) is 22.2 Å². The van der Waals surface area contributed by atoms with Gasteiger partial charge in [0.1, 0.15) is 5.00 Å². The van der Waals surface area contributed by atoms with Gasteiger partial charge in [-0.2, -0.15) is 0 Å². The summed E-state index contributed by atoms with van der Waals surface area (Å²) >= 11 is 1.35. The van der Waals surface area contributed by atoms with Crippen molar-refractivity contribution in [2.24, 2.45) is 5.73 Å². The molecule has 0 radical (unpaired) electrons. The van der Waals surface area contributed by atoms with E-state index < -0.39 is 5.91 Å². The van der Waals surface area contributed by atoms with Crippen LogP contribution in [0.15, 0.2) is 42.7 Å². The molecule has 0 saturated carbocycles. The van der Waals surface area contributed by atoms with E-state index in [9.17, 15) is 9.59 Å². The molecule has 4 aromatic rings. The average molecular weight is 431 g/mol. The molecule has 31 heavy (non-hydrogen) atoms. The Labute approximate surface area is 184 Å². The zero-order valence-corrected chi connectivity index (χ0v) is 18.6. The summed E-state index contributed by atoms with van der Waals surface area (Å²) in [5, 5.41) is 4.15. The Kier molecular flexibility index (Phi) is 5.29. The Morgan fingerprint density at radius 2 is 1.74 bits per heavy atom. The maximum atomic E-state index is 13.4. The molecule has 2 amide bonds. The number of nitrogens with one attached hydrogen (secondary N) is 1. The van der Waals surface area contributed by atoms with Gasteiger partial charge in [-0.3, -0.25) is 14.6 Å². The molecule has 4 rings (SSSR count). The van der Waals surface area contributed by atoms with Crippen LogP contribution in [0.3, 0.4) is 0 Å². The maximum absolute atomic E-state index is 13.4. The van der Waals surface area contributed by atoms with Crippen molar-refractivity contribution in [1.82, 2.24) is 9.97 Å². The standard InChI is InChI=1S/C24H22N4O2S/c1-12-9-13(2)21-17(10-12)18(11-19(27-21)16-5-7-26-8-6-16)23(30)28-24-20(22(25)29)14(3)15(4)31-24/h5-11H,1-4H3,(H2,25,29)(H,28,30). The van der Waals surface area contributed by atoms with Gasteiger partial charge in [0.25, 0.3) is 11.8 Å². The third-order valence-corrected chi connectivity index (χ3v) is 6.45. The molecule has 3 heterocycles. The van der Waals surface area contributed by atoms with Crippen LogP contribution in [0.4, 0.5) is 5.00 Å². The number of hydrogen-bond donors (Lipinski definition) is 2. The smallest absolute Gasteiger partial charge is 0.257 e. The second-order valence-electron chi connectivity index (χ2n) is 7.57. The van der Waals surface area contributed by atoms with Crippen molar-refractivity contribution in [1.29, 1.82) is 0 Å². The molecule has 7 heteroatoms. The monoisotopic (exact) mass is 430 g/mol. The Morgan fingerprint density at radius 1 is 1.03 bits per heavy atom.